The molecule has 2 aromatic carbocycles. The van der Waals surface area contributed by atoms with Crippen LogP contribution >= 0.6 is 0 Å². The minimum atomic E-state index is -0.562. The lowest BCUT2D eigenvalue weighted by Crippen LogP contribution is -2.53. The molecule has 1 atom stereocenters. The molecule has 1 aliphatic rings. The number of nitrogens with zero attached hydrogens (tertiary/aromatic N) is 1. The van der Waals surface area contributed by atoms with Crippen molar-refractivity contribution in [1.29, 1.82) is 0 Å². The van der Waals surface area contributed by atoms with Gasteiger partial charge in [-0.25, -0.2) is 4.79 Å². The third-order valence-corrected chi connectivity index (χ3v) is 5.39. The van der Waals surface area contributed by atoms with Crippen molar-refractivity contribution in [3.8, 4) is 0 Å². The second-order valence-corrected chi connectivity index (χ2v) is 7.90. The summed E-state index contributed by atoms with van der Waals surface area (Å²) in [6, 6.07) is 17.9. The molecule has 148 valence electrons. The topological polar surface area (TPSA) is 61.4 Å². The SMILES string of the molecule is Cc1ccc(CNC(=O)C2(C)CCCN(C(=O)NCc3ccccc3)C2)cc1. The maximum atomic E-state index is 12.8. The summed E-state index contributed by atoms with van der Waals surface area (Å²) in [5, 5.41) is 6.01. The molecule has 0 saturated carbocycles. The van der Waals surface area contributed by atoms with Crippen molar-refractivity contribution in [2.75, 3.05) is 13.1 Å². The van der Waals surface area contributed by atoms with Crippen molar-refractivity contribution in [2.24, 2.45) is 5.41 Å². The summed E-state index contributed by atoms with van der Waals surface area (Å²) in [5.41, 5.74) is 2.78. The highest BCUT2D eigenvalue weighted by atomic mass is 16.2. The first-order valence-electron chi connectivity index (χ1n) is 9.87. The van der Waals surface area contributed by atoms with Crippen LogP contribution in [0.5, 0.6) is 0 Å². The molecule has 1 aliphatic heterocycles. The van der Waals surface area contributed by atoms with E-state index >= 15 is 0 Å². The van der Waals surface area contributed by atoms with E-state index in [1.165, 1.54) is 5.56 Å². The Balaban J connectivity index is 1.53. The van der Waals surface area contributed by atoms with Crippen LogP contribution in [0.2, 0.25) is 0 Å². The predicted octanol–water partition coefficient (Wildman–Crippen LogP) is 3.62. The number of carbonyl (C=O) groups excluding carboxylic acids is 2. The minimum Gasteiger partial charge on any atom is -0.351 e. The van der Waals surface area contributed by atoms with E-state index < -0.39 is 5.41 Å². The van der Waals surface area contributed by atoms with Gasteiger partial charge in [-0.3, -0.25) is 4.79 Å². The van der Waals surface area contributed by atoms with Crippen LogP contribution in [0.4, 0.5) is 4.79 Å². The molecule has 0 radical (unpaired) electrons. The highest BCUT2D eigenvalue weighted by molar-refractivity contribution is 5.84. The number of urea groups is 1. The Labute approximate surface area is 167 Å². The molecule has 1 heterocycles. The first kappa shape index (κ1) is 19.9. The Morgan fingerprint density at radius 1 is 0.964 bits per heavy atom. The van der Waals surface area contributed by atoms with Crippen LogP contribution in [0.15, 0.2) is 54.6 Å². The Morgan fingerprint density at radius 3 is 2.32 bits per heavy atom. The van der Waals surface area contributed by atoms with Gasteiger partial charge in [0.1, 0.15) is 0 Å². The van der Waals surface area contributed by atoms with Crippen molar-refractivity contribution in [3.63, 3.8) is 0 Å². The molecule has 0 aromatic heterocycles. The van der Waals surface area contributed by atoms with E-state index in [9.17, 15) is 9.59 Å². The highest BCUT2D eigenvalue weighted by Gasteiger charge is 2.39. The second kappa shape index (κ2) is 8.91. The third kappa shape index (κ3) is 5.12. The van der Waals surface area contributed by atoms with E-state index in [1.54, 1.807) is 4.90 Å². The van der Waals surface area contributed by atoms with Crippen molar-refractivity contribution < 1.29 is 9.59 Å². The van der Waals surface area contributed by atoms with Crippen molar-refractivity contribution in [3.05, 3.63) is 71.3 Å². The summed E-state index contributed by atoms with van der Waals surface area (Å²) in [6.07, 6.45) is 1.61. The fourth-order valence-electron chi connectivity index (χ4n) is 3.59. The van der Waals surface area contributed by atoms with Crippen LogP contribution in [0.25, 0.3) is 0 Å². The van der Waals surface area contributed by atoms with E-state index in [1.807, 2.05) is 68.4 Å². The predicted molar refractivity (Wildman–Crippen MR) is 111 cm³/mol. The maximum absolute atomic E-state index is 12.8. The maximum Gasteiger partial charge on any atom is 0.317 e. The average molecular weight is 380 g/mol. The smallest absolute Gasteiger partial charge is 0.317 e. The van der Waals surface area contributed by atoms with Crippen molar-refractivity contribution in [2.45, 2.75) is 39.8 Å². The zero-order chi connectivity index (χ0) is 20.0. The fourth-order valence-corrected chi connectivity index (χ4v) is 3.59. The summed E-state index contributed by atoms with van der Waals surface area (Å²) in [6.45, 7) is 6.12. The summed E-state index contributed by atoms with van der Waals surface area (Å²) in [7, 11) is 0. The number of piperidine rings is 1. The molecule has 0 spiro atoms. The van der Waals surface area contributed by atoms with Gasteiger partial charge >= 0.3 is 6.03 Å². The van der Waals surface area contributed by atoms with E-state index in [0.717, 1.165) is 24.0 Å². The van der Waals surface area contributed by atoms with Crippen LogP contribution in [-0.4, -0.2) is 29.9 Å². The Hall–Kier alpha value is -2.82. The number of aryl methyl sites for hydroxylation is 1. The molecule has 1 unspecified atom stereocenters. The van der Waals surface area contributed by atoms with Crippen LogP contribution in [-0.2, 0) is 17.9 Å². The van der Waals surface area contributed by atoms with Crippen LogP contribution in [0.3, 0.4) is 0 Å². The molecule has 28 heavy (non-hydrogen) atoms. The fraction of sp³-hybridized carbons (Fsp3) is 0.391. The van der Waals surface area contributed by atoms with Gasteiger partial charge in [-0.15, -0.1) is 0 Å². The lowest BCUT2D eigenvalue weighted by Gasteiger charge is -2.39. The monoisotopic (exact) mass is 379 g/mol. The number of hydrogen-bond acceptors (Lipinski definition) is 2. The molecule has 3 rings (SSSR count). The van der Waals surface area contributed by atoms with Crippen molar-refractivity contribution in [1.82, 2.24) is 15.5 Å². The molecular weight excluding hydrogens is 350 g/mol. The number of hydrogen-bond donors (Lipinski definition) is 2. The molecule has 0 aliphatic carbocycles. The zero-order valence-corrected chi connectivity index (χ0v) is 16.7. The normalized spacial score (nSPS) is 19.1. The molecule has 1 fully saturated rings. The summed E-state index contributed by atoms with van der Waals surface area (Å²) in [4.78, 5) is 27.2. The van der Waals surface area contributed by atoms with Gasteiger partial charge in [-0.1, -0.05) is 60.2 Å². The number of nitrogens with one attached hydrogen (secondary N) is 2. The summed E-state index contributed by atoms with van der Waals surface area (Å²) in [5.74, 6) is 0.00799. The van der Waals surface area contributed by atoms with E-state index in [2.05, 4.69) is 10.6 Å². The number of carbonyl (C=O) groups is 2. The molecule has 1 saturated heterocycles. The van der Waals surface area contributed by atoms with Crippen LogP contribution in [0.1, 0.15) is 36.5 Å². The zero-order valence-electron chi connectivity index (χ0n) is 16.7. The van der Waals surface area contributed by atoms with E-state index in [0.29, 0.717) is 26.2 Å². The van der Waals surface area contributed by atoms with Gasteiger partial charge in [-0.05, 0) is 37.8 Å². The van der Waals surface area contributed by atoms with Gasteiger partial charge < -0.3 is 15.5 Å². The van der Waals surface area contributed by atoms with E-state index in [-0.39, 0.29) is 11.9 Å². The van der Waals surface area contributed by atoms with Crippen LogP contribution < -0.4 is 10.6 Å². The first-order valence-corrected chi connectivity index (χ1v) is 9.87. The molecule has 2 aromatic rings. The van der Waals surface area contributed by atoms with Gasteiger partial charge in [0.05, 0.1) is 5.41 Å². The van der Waals surface area contributed by atoms with E-state index in [4.69, 9.17) is 0 Å². The Kier molecular flexibility index (Phi) is 6.34. The number of amides is 3. The van der Waals surface area contributed by atoms with Gasteiger partial charge in [0, 0.05) is 26.2 Å². The third-order valence-electron chi connectivity index (χ3n) is 5.39. The summed E-state index contributed by atoms with van der Waals surface area (Å²) < 4.78 is 0. The summed E-state index contributed by atoms with van der Waals surface area (Å²) >= 11 is 0. The Bertz CT molecular complexity index is 804. The lowest BCUT2D eigenvalue weighted by atomic mass is 9.81. The molecule has 5 heteroatoms. The van der Waals surface area contributed by atoms with Gasteiger partial charge in [-0.2, -0.15) is 0 Å². The standard InChI is InChI=1S/C23H29N3O2/c1-18-9-11-20(12-10-18)15-24-21(27)23(2)13-6-14-26(17-23)22(28)25-16-19-7-4-3-5-8-19/h3-5,7-12H,6,13-17H2,1-2H3,(H,24,27)(H,25,28). The average Bonchev–Trinajstić information content (AvgIpc) is 2.72. The molecule has 5 nitrogen and oxygen atoms in total. The highest BCUT2D eigenvalue weighted by Crippen LogP contribution is 2.30. The number of rotatable bonds is 5. The molecule has 2 N–H and O–H groups in total. The van der Waals surface area contributed by atoms with Crippen molar-refractivity contribution >= 4 is 11.9 Å². The molecular formula is C23H29N3O2. The molecule has 0 bridgehead atoms. The quantitative estimate of drug-likeness (QED) is 0.833. The first-order chi connectivity index (χ1) is 13.5. The minimum absolute atomic E-state index is 0.00799. The van der Waals surface area contributed by atoms with Crippen LogP contribution in [0, 0.1) is 12.3 Å². The molecule has 3 amide bonds. The number of likely N-dealkylation sites (tertiary alicyclic amines) is 1. The van der Waals surface area contributed by atoms with Gasteiger partial charge in [0.25, 0.3) is 0 Å². The van der Waals surface area contributed by atoms with Gasteiger partial charge in [0.2, 0.25) is 5.91 Å². The second-order valence-electron chi connectivity index (χ2n) is 7.90. The van der Waals surface area contributed by atoms with Gasteiger partial charge in [0.15, 0.2) is 0 Å². The number of benzene rings is 2. The lowest BCUT2D eigenvalue weighted by molar-refractivity contribution is -0.132. The largest absolute Gasteiger partial charge is 0.351 e. The Morgan fingerprint density at radius 2 is 1.61 bits per heavy atom.